The van der Waals surface area contributed by atoms with Gasteiger partial charge >= 0.3 is 0 Å². The summed E-state index contributed by atoms with van der Waals surface area (Å²) < 4.78 is 1.95. The van der Waals surface area contributed by atoms with Crippen LogP contribution in [-0.2, 0) is 0 Å². The van der Waals surface area contributed by atoms with Crippen molar-refractivity contribution < 1.29 is 4.79 Å². The Balaban J connectivity index is 1.52. The van der Waals surface area contributed by atoms with E-state index < -0.39 is 0 Å². The highest BCUT2D eigenvalue weighted by Gasteiger charge is 2.23. The molecule has 30 heavy (non-hydrogen) atoms. The highest BCUT2D eigenvalue weighted by Crippen LogP contribution is 2.21. The van der Waals surface area contributed by atoms with Crippen LogP contribution >= 0.6 is 11.6 Å². The Morgan fingerprint density at radius 3 is 2.77 bits per heavy atom. The van der Waals surface area contributed by atoms with E-state index in [1.54, 1.807) is 48.7 Å². The Labute approximate surface area is 179 Å². The molecule has 0 spiro atoms. The highest BCUT2D eigenvalue weighted by molar-refractivity contribution is 6.31. The van der Waals surface area contributed by atoms with E-state index in [1.807, 2.05) is 28.9 Å². The first-order chi connectivity index (χ1) is 14.6. The van der Waals surface area contributed by atoms with Crippen LogP contribution in [0.15, 0.2) is 61.3 Å². The number of likely N-dealkylation sites (N-methyl/N-ethyl adjacent to an activating group) is 1. The first kappa shape index (κ1) is 19.9. The van der Waals surface area contributed by atoms with Gasteiger partial charge in [0, 0.05) is 43.2 Å². The lowest BCUT2D eigenvalue weighted by molar-refractivity contribution is 0.0735. The van der Waals surface area contributed by atoms with E-state index in [2.05, 4.69) is 27.4 Å². The minimum absolute atomic E-state index is 0.0200. The second kappa shape index (κ2) is 8.54. The summed E-state index contributed by atoms with van der Waals surface area (Å²) in [4.78, 5) is 20.7. The van der Waals surface area contributed by atoms with Crippen LogP contribution in [0, 0.1) is 0 Å². The molecule has 9 heteroatoms. The smallest absolute Gasteiger partial charge is 0.256 e. The van der Waals surface area contributed by atoms with Crippen molar-refractivity contribution in [2.75, 3.05) is 18.9 Å². The predicted molar refractivity (Wildman–Crippen MR) is 116 cm³/mol. The zero-order valence-electron chi connectivity index (χ0n) is 16.7. The Morgan fingerprint density at radius 2 is 2.00 bits per heavy atom. The minimum Gasteiger partial charge on any atom is -0.382 e. The van der Waals surface area contributed by atoms with E-state index in [4.69, 9.17) is 11.6 Å². The van der Waals surface area contributed by atoms with Crippen LogP contribution in [0.25, 0.3) is 11.3 Å². The summed E-state index contributed by atoms with van der Waals surface area (Å²) in [7, 11) is 1.80. The second-order valence-electron chi connectivity index (χ2n) is 6.95. The molecule has 0 bridgehead atoms. The normalized spacial score (nSPS) is 12.1. The monoisotopic (exact) mass is 423 g/mol. The van der Waals surface area contributed by atoms with Gasteiger partial charge in [-0.05, 0) is 36.8 Å². The second-order valence-corrected chi connectivity index (χ2v) is 7.39. The highest BCUT2D eigenvalue weighted by atomic mass is 35.5. The van der Waals surface area contributed by atoms with Gasteiger partial charge in [-0.3, -0.25) is 4.79 Å². The number of benzene rings is 1. The Morgan fingerprint density at radius 1 is 1.20 bits per heavy atom. The minimum atomic E-state index is -0.136. The fourth-order valence-electron chi connectivity index (χ4n) is 3.37. The summed E-state index contributed by atoms with van der Waals surface area (Å²) in [6.45, 7) is 2.66. The van der Waals surface area contributed by atoms with Gasteiger partial charge in [-0.15, -0.1) is 0 Å². The van der Waals surface area contributed by atoms with Gasteiger partial charge in [-0.25, -0.2) is 4.98 Å². The van der Waals surface area contributed by atoms with Crippen molar-refractivity contribution in [2.45, 2.75) is 19.4 Å². The van der Waals surface area contributed by atoms with Crippen molar-refractivity contribution in [3.8, 4) is 5.69 Å². The van der Waals surface area contributed by atoms with Gasteiger partial charge in [-0.2, -0.15) is 15.0 Å². The SMILES string of the molecule is CC[C@@H](CNc1ccc2nccn2c1)N(C)C(=O)c1cc(Cl)ccc1-n1nccn1. The maximum Gasteiger partial charge on any atom is 0.256 e. The number of imidazole rings is 1. The van der Waals surface area contributed by atoms with Crippen LogP contribution < -0.4 is 5.32 Å². The van der Waals surface area contributed by atoms with Crippen LogP contribution in [0.5, 0.6) is 0 Å². The van der Waals surface area contributed by atoms with Gasteiger partial charge < -0.3 is 14.6 Å². The lowest BCUT2D eigenvalue weighted by Gasteiger charge is -2.28. The summed E-state index contributed by atoms with van der Waals surface area (Å²) in [6, 6.07) is 9.05. The molecule has 1 atom stereocenters. The van der Waals surface area contributed by atoms with E-state index in [9.17, 15) is 4.79 Å². The third-order valence-corrected chi connectivity index (χ3v) is 5.33. The maximum absolute atomic E-state index is 13.3. The molecule has 4 aromatic rings. The standard InChI is InChI=1S/C21H22ClN7O/c1-3-17(13-24-16-5-7-20-23-10-11-28(20)14-16)27(2)21(30)18-12-15(22)4-6-19(18)29-25-8-9-26-29/h4-12,14,17,24H,3,13H2,1-2H3/t17-/m0/s1. The molecule has 1 aromatic carbocycles. The number of halogens is 1. The lowest BCUT2D eigenvalue weighted by Crippen LogP contribution is -2.41. The summed E-state index contributed by atoms with van der Waals surface area (Å²) in [5.74, 6) is -0.136. The lowest BCUT2D eigenvalue weighted by atomic mass is 10.1. The van der Waals surface area contributed by atoms with Crippen molar-refractivity contribution in [3.05, 3.63) is 71.9 Å². The number of hydrogen-bond donors (Lipinski definition) is 1. The van der Waals surface area contributed by atoms with Crippen LogP contribution in [0.2, 0.25) is 5.02 Å². The van der Waals surface area contributed by atoms with Crippen molar-refractivity contribution in [2.24, 2.45) is 0 Å². The average Bonchev–Trinajstić information content (AvgIpc) is 3.45. The third kappa shape index (κ3) is 3.99. The molecular weight excluding hydrogens is 402 g/mol. The first-order valence-electron chi connectivity index (χ1n) is 9.67. The fourth-order valence-corrected chi connectivity index (χ4v) is 3.54. The molecule has 0 unspecified atom stereocenters. The molecule has 1 amide bonds. The van der Waals surface area contributed by atoms with Gasteiger partial charge in [0.15, 0.2) is 0 Å². The Kier molecular flexibility index (Phi) is 5.67. The molecule has 0 saturated heterocycles. The summed E-state index contributed by atoms with van der Waals surface area (Å²) in [6.07, 6.45) is 9.58. The molecule has 0 aliphatic carbocycles. The van der Waals surface area contributed by atoms with Gasteiger partial charge in [0.2, 0.25) is 0 Å². The number of aromatic nitrogens is 5. The fraction of sp³-hybridized carbons (Fsp3) is 0.238. The number of carbonyl (C=O) groups is 1. The van der Waals surface area contributed by atoms with Crippen molar-refractivity contribution in [3.63, 3.8) is 0 Å². The molecule has 8 nitrogen and oxygen atoms in total. The molecule has 154 valence electrons. The van der Waals surface area contributed by atoms with Crippen molar-refractivity contribution in [1.82, 2.24) is 29.3 Å². The summed E-state index contributed by atoms with van der Waals surface area (Å²) >= 11 is 6.18. The summed E-state index contributed by atoms with van der Waals surface area (Å²) in [5.41, 5.74) is 2.90. The molecule has 4 rings (SSSR count). The van der Waals surface area contributed by atoms with Crippen LogP contribution in [0.4, 0.5) is 5.69 Å². The average molecular weight is 424 g/mol. The van der Waals surface area contributed by atoms with Gasteiger partial charge in [0.1, 0.15) is 5.65 Å². The molecular formula is C21H22ClN7O. The number of amides is 1. The third-order valence-electron chi connectivity index (χ3n) is 5.09. The van der Waals surface area contributed by atoms with E-state index in [1.165, 1.54) is 4.80 Å². The van der Waals surface area contributed by atoms with E-state index >= 15 is 0 Å². The zero-order valence-corrected chi connectivity index (χ0v) is 17.5. The predicted octanol–water partition coefficient (Wildman–Crippen LogP) is 3.53. The van der Waals surface area contributed by atoms with E-state index in [0.29, 0.717) is 22.8 Å². The van der Waals surface area contributed by atoms with E-state index in [-0.39, 0.29) is 11.9 Å². The number of pyridine rings is 1. The molecule has 0 fully saturated rings. The quantitative estimate of drug-likeness (QED) is 0.491. The number of nitrogens with zero attached hydrogens (tertiary/aromatic N) is 6. The molecule has 1 N–H and O–H groups in total. The van der Waals surface area contributed by atoms with Crippen molar-refractivity contribution in [1.29, 1.82) is 0 Å². The van der Waals surface area contributed by atoms with Gasteiger partial charge in [0.05, 0.1) is 29.3 Å². The maximum atomic E-state index is 13.3. The number of hydrogen-bond acceptors (Lipinski definition) is 5. The molecule has 3 heterocycles. The Hall–Kier alpha value is -3.39. The van der Waals surface area contributed by atoms with Crippen molar-refractivity contribution >= 4 is 28.8 Å². The number of rotatable bonds is 7. The molecule has 0 aliphatic heterocycles. The van der Waals surface area contributed by atoms with Gasteiger partial charge in [-0.1, -0.05) is 18.5 Å². The largest absolute Gasteiger partial charge is 0.382 e. The topological polar surface area (TPSA) is 80.4 Å². The van der Waals surface area contributed by atoms with E-state index in [0.717, 1.165) is 17.8 Å². The van der Waals surface area contributed by atoms with Gasteiger partial charge in [0.25, 0.3) is 5.91 Å². The first-order valence-corrected chi connectivity index (χ1v) is 10.0. The Bertz CT molecular complexity index is 1160. The molecule has 3 aromatic heterocycles. The number of nitrogens with one attached hydrogen (secondary N) is 1. The van der Waals surface area contributed by atoms with Crippen LogP contribution in [0.3, 0.4) is 0 Å². The molecule has 0 radical (unpaired) electrons. The number of anilines is 1. The number of carbonyl (C=O) groups excluding carboxylic acids is 1. The molecule has 0 saturated carbocycles. The number of fused-ring (bicyclic) bond motifs is 1. The molecule has 0 aliphatic rings. The van der Waals surface area contributed by atoms with Crippen LogP contribution in [-0.4, -0.2) is 54.8 Å². The zero-order chi connectivity index (χ0) is 21.1. The summed E-state index contributed by atoms with van der Waals surface area (Å²) in [5, 5.41) is 12.2. The van der Waals surface area contributed by atoms with Crippen LogP contribution in [0.1, 0.15) is 23.7 Å².